The maximum absolute atomic E-state index is 12.7. The number of hydrogen-bond donors (Lipinski definition) is 1. The van der Waals surface area contributed by atoms with E-state index in [2.05, 4.69) is 15.4 Å². The Morgan fingerprint density at radius 1 is 0.852 bits per heavy atom. The van der Waals surface area contributed by atoms with Crippen LogP contribution in [0.25, 0.3) is 11.0 Å². The van der Waals surface area contributed by atoms with Crippen molar-refractivity contribution in [3.05, 3.63) is 57.6 Å². The first-order valence-corrected chi connectivity index (χ1v) is 9.12. The Labute approximate surface area is 164 Å². The average Bonchev–Trinajstić information content (AvgIpc) is 3.15. The average molecular weight is 404 g/mol. The minimum absolute atomic E-state index is 0.0866. The van der Waals surface area contributed by atoms with E-state index in [0.29, 0.717) is 58.4 Å². The first kappa shape index (κ1) is 17.8. The van der Waals surface area contributed by atoms with Gasteiger partial charge in [-0.1, -0.05) is 23.2 Å². The summed E-state index contributed by atoms with van der Waals surface area (Å²) in [6.07, 6.45) is 0. The van der Waals surface area contributed by atoms with Crippen LogP contribution in [0.15, 0.2) is 36.4 Å². The van der Waals surface area contributed by atoms with Crippen molar-refractivity contribution in [2.24, 2.45) is 0 Å². The van der Waals surface area contributed by atoms with E-state index in [-0.39, 0.29) is 11.8 Å². The molecule has 1 aromatic heterocycles. The van der Waals surface area contributed by atoms with Crippen LogP contribution in [-0.2, 0) is 0 Å². The summed E-state index contributed by atoms with van der Waals surface area (Å²) in [7, 11) is 0. The molecule has 0 saturated carbocycles. The number of fused-ring (bicyclic) bond motifs is 1. The molecule has 0 radical (unpaired) electrons. The number of amides is 2. The van der Waals surface area contributed by atoms with Gasteiger partial charge in [0.1, 0.15) is 11.0 Å². The standard InChI is InChI=1S/C18H15Cl2N5O2/c19-12-2-3-13(14(20)10-12)18(27)25-7-5-24(6-8-25)17(26)11-1-4-15-16(9-11)22-23-21-15/h1-4,9-10H,5-8H2,(H,21,22,23). The quantitative estimate of drug-likeness (QED) is 0.712. The van der Waals surface area contributed by atoms with E-state index < -0.39 is 0 Å². The molecule has 7 nitrogen and oxygen atoms in total. The van der Waals surface area contributed by atoms with Crippen molar-refractivity contribution in [3.8, 4) is 0 Å². The Hall–Kier alpha value is -2.64. The number of benzene rings is 2. The van der Waals surface area contributed by atoms with Crippen molar-refractivity contribution >= 4 is 46.0 Å². The van der Waals surface area contributed by atoms with Crippen LogP contribution in [0, 0.1) is 0 Å². The van der Waals surface area contributed by atoms with E-state index in [4.69, 9.17) is 23.2 Å². The molecule has 138 valence electrons. The van der Waals surface area contributed by atoms with Crippen molar-refractivity contribution in [3.63, 3.8) is 0 Å². The molecule has 4 rings (SSSR count). The first-order chi connectivity index (χ1) is 13.0. The molecule has 1 aliphatic heterocycles. The van der Waals surface area contributed by atoms with Gasteiger partial charge in [-0.05, 0) is 36.4 Å². The summed E-state index contributed by atoms with van der Waals surface area (Å²) < 4.78 is 0. The number of rotatable bonds is 2. The highest BCUT2D eigenvalue weighted by atomic mass is 35.5. The Morgan fingerprint density at radius 2 is 1.52 bits per heavy atom. The number of carbonyl (C=O) groups excluding carboxylic acids is 2. The summed E-state index contributed by atoms with van der Waals surface area (Å²) in [5, 5.41) is 11.3. The van der Waals surface area contributed by atoms with Crippen LogP contribution >= 0.6 is 23.2 Å². The van der Waals surface area contributed by atoms with Gasteiger partial charge < -0.3 is 9.80 Å². The van der Waals surface area contributed by atoms with Crippen molar-refractivity contribution in [2.75, 3.05) is 26.2 Å². The molecule has 0 aliphatic carbocycles. The lowest BCUT2D eigenvalue weighted by Crippen LogP contribution is -2.50. The molecule has 1 N–H and O–H groups in total. The molecule has 27 heavy (non-hydrogen) atoms. The number of halogens is 2. The fourth-order valence-corrected chi connectivity index (χ4v) is 3.59. The Balaban J connectivity index is 1.43. The van der Waals surface area contributed by atoms with Crippen LogP contribution in [0.1, 0.15) is 20.7 Å². The summed E-state index contributed by atoms with van der Waals surface area (Å²) in [6.45, 7) is 1.78. The zero-order chi connectivity index (χ0) is 19.0. The fourth-order valence-electron chi connectivity index (χ4n) is 3.10. The van der Waals surface area contributed by atoms with Gasteiger partial charge in [-0.25, -0.2) is 0 Å². The number of nitrogens with zero attached hydrogens (tertiary/aromatic N) is 4. The van der Waals surface area contributed by atoms with Crippen LogP contribution in [0.2, 0.25) is 10.0 Å². The van der Waals surface area contributed by atoms with E-state index in [0.717, 1.165) is 0 Å². The largest absolute Gasteiger partial charge is 0.335 e. The van der Waals surface area contributed by atoms with Gasteiger partial charge in [-0.2, -0.15) is 15.4 Å². The maximum atomic E-state index is 12.7. The third-order valence-corrected chi connectivity index (χ3v) is 5.13. The van der Waals surface area contributed by atoms with Crippen molar-refractivity contribution in [1.82, 2.24) is 25.2 Å². The number of H-pyrrole nitrogens is 1. The molecular formula is C18H15Cl2N5O2. The zero-order valence-corrected chi connectivity index (χ0v) is 15.7. The number of aromatic amines is 1. The van der Waals surface area contributed by atoms with Crippen molar-refractivity contribution in [1.29, 1.82) is 0 Å². The van der Waals surface area contributed by atoms with Gasteiger partial charge in [0, 0.05) is 36.8 Å². The van der Waals surface area contributed by atoms with E-state index >= 15 is 0 Å². The predicted molar refractivity (Wildman–Crippen MR) is 102 cm³/mol. The lowest BCUT2D eigenvalue weighted by Gasteiger charge is -2.35. The van der Waals surface area contributed by atoms with Gasteiger partial charge in [0.05, 0.1) is 10.6 Å². The molecular weight excluding hydrogens is 389 g/mol. The Bertz CT molecular complexity index is 1030. The van der Waals surface area contributed by atoms with E-state index in [1.54, 1.807) is 46.2 Å². The highest BCUT2D eigenvalue weighted by Gasteiger charge is 2.26. The third kappa shape index (κ3) is 3.48. The van der Waals surface area contributed by atoms with Gasteiger partial charge in [0.15, 0.2) is 0 Å². The number of carbonyl (C=O) groups is 2. The summed E-state index contributed by atoms with van der Waals surface area (Å²) in [5.41, 5.74) is 2.32. The number of aromatic nitrogens is 3. The van der Waals surface area contributed by atoms with Crippen LogP contribution in [0.5, 0.6) is 0 Å². The summed E-state index contributed by atoms with van der Waals surface area (Å²) in [5.74, 6) is -0.246. The molecule has 1 fully saturated rings. The molecule has 9 heteroatoms. The molecule has 2 aromatic carbocycles. The van der Waals surface area contributed by atoms with Crippen LogP contribution in [0.3, 0.4) is 0 Å². The van der Waals surface area contributed by atoms with Crippen molar-refractivity contribution < 1.29 is 9.59 Å². The molecule has 0 bridgehead atoms. The third-order valence-electron chi connectivity index (χ3n) is 4.58. The second-order valence-electron chi connectivity index (χ2n) is 6.24. The van der Waals surface area contributed by atoms with Gasteiger partial charge in [-0.3, -0.25) is 9.59 Å². The van der Waals surface area contributed by atoms with Crippen LogP contribution in [0.4, 0.5) is 0 Å². The second kappa shape index (κ2) is 7.17. The number of nitrogens with one attached hydrogen (secondary N) is 1. The van der Waals surface area contributed by atoms with Gasteiger partial charge in [0.2, 0.25) is 0 Å². The van der Waals surface area contributed by atoms with Crippen LogP contribution < -0.4 is 0 Å². The SMILES string of the molecule is O=C(c1ccc2n[nH]nc2c1)N1CCN(C(=O)c2ccc(Cl)cc2Cl)CC1. The lowest BCUT2D eigenvalue weighted by molar-refractivity contribution is 0.0535. The molecule has 0 spiro atoms. The van der Waals surface area contributed by atoms with Gasteiger partial charge >= 0.3 is 0 Å². The van der Waals surface area contributed by atoms with Gasteiger partial charge in [0.25, 0.3) is 11.8 Å². The second-order valence-corrected chi connectivity index (χ2v) is 7.08. The smallest absolute Gasteiger partial charge is 0.255 e. The number of hydrogen-bond acceptors (Lipinski definition) is 4. The van der Waals surface area contributed by atoms with E-state index in [1.165, 1.54) is 0 Å². The zero-order valence-electron chi connectivity index (χ0n) is 14.2. The molecule has 1 aliphatic rings. The van der Waals surface area contributed by atoms with E-state index in [1.807, 2.05) is 0 Å². The molecule has 2 heterocycles. The topological polar surface area (TPSA) is 82.2 Å². The van der Waals surface area contributed by atoms with Gasteiger partial charge in [-0.15, -0.1) is 0 Å². The minimum Gasteiger partial charge on any atom is -0.335 e. The molecule has 0 atom stereocenters. The normalized spacial score (nSPS) is 14.6. The summed E-state index contributed by atoms with van der Waals surface area (Å²) in [6, 6.07) is 10.0. The lowest BCUT2D eigenvalue weighted by atomic mass is 10.1. The van der Waals surface area contributed by atoms with Crippen LogP contribution in [-0.4, -0.2) is 63.2 Å². The minimum atomic E-state index is -0.159. The number of piperazine rings is 1. The first-order valence-electron chi connectivity index (χ1n) is 8.37. The highest BCUT2D eigenvalue weighted by Crippen LogP contribution is 2.23. The molecule has 3 aromatic rings. The Morgan fingerprint density at radius 3 is 2.22 bits per heavy atom. The fraction of sp³-hybridized carbons (Fsp3) is 0.222. The Kier molecular flexibility index (Phi) is 4.72. The molecule has 0 unspecified atom stereocenters. The molecule has 2 amide bonds. The predicted octanol–water partition coefficient (Wildman–Crippen LogP) is 2.86. The van der Waals surface area contributed by atoms with E-state index in [9.17, 15) is 9.59 Å². The van der Waals surface area contributed by atoms with Crippen molar-refractivity contribution in [2.45, 2.75) is 0 Å². The molecule has 1 saturated heterocycles. The highest BCUT2D eigenvalue weighted by molar-refractivity contribution is 6.36. The summed E-state index contributed by atoms with van der Waals surface area (Å²) >= 11 is 12.0. The summed E-state index contributed by atoms with van der Waals surface area (Å²) in [4.78, 5) is 28.8. The monoisotopic (exact) mass is 403 g/mol. The maximum Gasteiger partial charge on any atom is 0.255 e.